The Morgan fingerprint density at radius 2 is 1.86 bits per heavy atom. The van der Waals surface area contributed by atoms with E-state index in [-0.39, 0.29) is 11.2 Å². The van der Waals surface area contributed by atoms with Crippen molar-refractivity contribution in [2.75, 3.05) is 13.1 Å². The van der Waals surface area contributed by atoms with Crippen molar-refractivity contribution >= 4 is 15.7 Å². The standard InChI is InChI=1S/C19H22N6O2S/c1-13-2-4-14(5-3-13)15(11-23-28(26,27)17-6-7-17)8-19-20-9-16(10-21-19)18-12-22-25-24-18/h2-5,9-10,15,17,23H,6-8,11-12H2,1H3. The highest BCUT2D eigenvalue weighted by Gasteiger charge is 2.35. The fourth-order valence-electron chi connectivity index (χ4n) is 3.05. The summed E-state index contributed by atoms with van der Waals surface area (Å²) in [6.07, 6.45) is 5.48. The van der Waals surface area contributed by atoms with E-state index < -0.39 is 10.0 Å². The smallest absolute Gasteiger partial charge is 0.214 e. The van der Waals surface area contributed by atoms with E-state index in [4.69, 9.17) is 0 Å². The summed E-state index contributed by atoms with van der Waals surface area (Å²) < 4.78 is 27.3. The molecule has 1 aliphatic heterocycles. The molecule has 8 nitrogen and oxygen atoms in total. The Bertz CT molecular complexity index is 996. The zero-order valence-corrected chi connectivity index (χ0v) is 16.4. The molecule has 9 heteroatoms. The van der Waals surface area contributed by atoms with E-state index in [0.717, 1.165) is 35.2 Å². The fourth-order valence-corrected chi connectivity index (χ4v) is 4.48. The zero-order valence-electron chi connectivity index (χ0n) is 15.6. The van der Waals surface area contributed by atoms with E-state index in [1.54, 1.807) is 12.4 Å². The largest absolute Gasteiger partial charge is 0.241 e. The number of nitrogens with zero attached hydrogens (tertiary/aromatic N) is 5. The first kappa shape index (κ1) is 18.8. The molecule has 2 aliphatic rings. The molecule has 0 radical (unpaired) electrons. The average Bonchev–Trinajstić information content (AvgIpc) is 3.43. The Labute approximate surface area is 164 Å². The topological polar surface area (TPSA) is 109 Å². The van der Waals surface area contributed by atoms with Crippen molar-refractivity contribution in [3.05, 3.63) is 59.2 Å². The molecule has 2 heterocycles. The molecule has 28 heavy (non-hydrogen) atoms. The van der Waals surface area contributed by atoms with Crippen molar-refractivity contribution in [3.63, 3.8) is 0 Å². The lowest BCUT2D eigenvalue weighted by atomic mass is 9.94. The van der Waals surface area contributed by atoms with Crippen LogP contribution in [-0.4, -0.2) is 42.4 Å². The number of rotatable bonds is 8. The van der Waals surface area contributed by atoms with Crippen molar-refractivity contribution in [1.82, 2.24) is 14.7 Å². The van der Waals surface area contributed by atoms with Gasteiger partial charge in [0.1, 0.15) is 12.4 Å². The number of sulfonamides is 1. The van der Waals surface area contributed by atoms with E-state index in [0.29, 0.717) is 25.3 Å². The molecule has 0 spiro atoms. The summed E-state index contributed by atoms with van der Waals surface area (Å²) in [7, 11) is -3.24. The van der Waals surface area contributed by atoms with Crippen LogP contribution in [0.25, 0.3) is 0 Å². The second kappa shape index (κ2) is 7.84. The van der Waals surface area contributed by atoms with Gasteiger partial charge in [-0.25, -0.2) is 23.1 Å². The molecular weight excluding hydrogens is 376 g/mol. The molecule has 0 bridgehead atoms. The van der Waals surface area contributed by atoms with Crippen LogP contribution in [0.5, 0.6) is 0 Å². The van der Waals surface area contributed by atoms with Gasteiger partial charge in [0, 0.05) is 36.8 Å². The highest BCUT2D eigenvalue weighted by molar-refractivity contribution is 7.90. The molecular formula is C19H22N6O2S. The van der Waals surface area contributed by atoms with Crippen LogP contribution in [0.1, 0.15) is 41.3 Å². The number of aryl methyl sites for hydroxylation is 1. The summed E-state index contributed by atoms with van der Waals surface area (Å²) in [5, 5.41) is 11.2. The minimum atomic E-state index is -3.24. The van der Waals surface area contributed by atoms with E-state index >= 15 is 0 Å². The third-order valence-corrected chi connectivity index (χ3v) is 6.88. The normalized spacial score (nSPS) is 17.5. The molecule has 1 aromatic carbocycles. The van der Waals surface area contributed by atoms with Gasteiger partial charge in [-0.05, 0) is 30.6 Å². The molecule has 4 rings (SSSR count). The Morgan fingerprint density at radius 3 is 2.46 bits per heavy atom. The maximum Gasteiger partial charge on any atom is 0.214 e. The van der Waals surface area contributed by atoms with Crippen LogP contribution in [0.4, 0.5) is 0 Å². The molecule has 2 aromatic rings. The lowest BCUT2D eigenvalue weighted by Crippen LogP contribution is -2.32. The maximum atomic E-state index is 12.3. The molecule has 1 atom stereocenters. The Hall–Kier alpha value is -2.52. The second-order valence-electron chi connectivity index (χ2n) is 7.23. The van der Waals surface area contributed by atoms with Crippen molar-refractivity contribution in [2.45, 2.75) is 37.4 Å². The minimum Gasteiger partial charge on any atom is -0.241 e. The van der Waals surface area contributed by atoms with Crippen LogP contribution in [0.15, 0.2) is 52.1 Å². The monoisotopic (exact) mass is 398 g/mol. The molecule has 0 saturated heterocycles. The lowest BCUT2D eigenvalue weighted by Gasteiger charge is -2.18. The Balaban J connectivity index is 1.50. The van der Waals surface area contributed by atoms with Gasteiger partial charge in [-0.2, -0.15) is 5.11 Å². The summed E-state index contributed by atoms with van der Waals surface area (Å²) in [6, 6.07) is 8.14. The fraction of sp³-hybridized carbons (Fsp3) is 0.421. The molecule has 1 unspecified atom stereocenters. The van der Waals surface area contributed by atoms with Gasteiger partial charge in [-0.3, -0.25) is 0 Å². The van der Waals surface area contributed by atoms with Gasteiger partial charge >= 0.3 is 0 Å². The van der Waals surface area contributed by atoms with Crippen molar-refractivity contribution in [2.24, 2.45) is 15.4 Å². The summed E-state index contributed by atoms with van der Waals surface area (Å²) >= 11 is 0. The summed E-state index contributed by atoms with van der Waals surface area (Å²) in [5.74, 6) is 0.612. The third-order valence-electron chi connectivity index (χ3n) is 4.96. The first-order valence-electron chi connectivity index (χ1n) is 9.31. The molecule has 1 fully saturated rings. The average molecular weight is 398 g/mol. The Kier molecular flexibility index (Phi) is 5.27. The number of hydrogen-bond acceptors (Lipinski definition) is 7. The number of aromatic nitrogens is 2. The lowest BCUT2D eigenvalue weighted by molar-refractivity contribution is 0.564. The van der Waals surface area contributed by atoms with E-state index in [9.17, 15) is 8.42 Å². The molecule has 1 N–H and O–H groups in total. The van der Waals surface area contributed by atoms with Crippen LogP contribution in [0.3, 0.4) is 0 Å². The van der Waals surface area contributed by atoms with Crippen LogP contribution in [0.2, 0.25) is 0 Å². The van der Waals surface area contributed by atoms with E-state index in [1.165, 1.54) is 0 Å². The highest BCUT2D eigenvalue weighted by atomic mass is 32.2. The van der Waals surface area contributed by atoms with Crippen LogP contribution in [0, 0.1) is 6.92 Å². The molecule has 146 valence electrons. The third kappa shape index (κ3) is 4.48. The zero-order chi connectivity index (χ0) is 19.6. The SMILES string of the molecule is Cc1ccc(C(CNS(=O)(=O)C2CC2)Cc2ncc(C3=NN=NC3)cn2)cc1. The molecule has 1 saturated carbocycles. The van der Waals surface area contributed by atoms with Crippen molar-refractivity contribution in [1.29, 1.82) is 0 Å². The van der Waals surface area contributed by atoms with E-state index in [1.807, 2.05) is 31.2 Å². The number of nitrogens with one attached hydrogen (secondary N) is 1. The minimum absolute atomic E-state index is 0.0474. The van der Waals surface area contributed by atoms with Crippen LogP contribution in [-0.2, 0) is 16.4 Å². The van der Waals surface area contributed by atoms with Gasteiger partial charge in [0.25, 0.3) is 0 Å². The van der Waals surface area contributed by atoms with Gasteiger partial charge in [-0.1, -0.05) is 29.8 Å². The van der Waals surface area contributed by atoms with Gasteiger partial charge in [0.2, 0.25) is 10.0 Å². The van der Waals surface area contributed by atoms with Gasteiger partial charge in [-0.15, -0.1) is 5.10 Å². The first-order chi connectivity index (χ1) is 13.5. The molecule has 1 aliphatic carbocycles. The quantitative estimate of drug-likeness (QED) is 0.736. The summed E-state index contributed by atoms with van der Waals surface area (Å²) in [5.41, 5.74) is 3.78. The molecule has 0 amide bonds. The van der Waals surface area contributed by atoms with Crippen LogP contribution >= 0.6 is 0 Å². The van der Waals surface area contributed by atoms with Crippen LogP contribution < -0.4 is 4.72 Å². The van der Waals surface area contributed by atoms with Gasteiger partial charge < -0.3 is 0 Å². The first-order valence-corrected chi connectivity index (χ1v) is 10.9. The highest BCUT2D eigenvalue weighted by Crippen LogP contribution is 2.28. The summed E-state index contributed by atoms with van der Waals surface area (Å²) in [6.45, 7) is 2.80. The Morgan fingerprint density at radius 1 is 1.14 bits per heavy atom. The second-order valence-corrected chi connectivity index (χ2v) is 9.27. The summed E-state index contributed by atoms with van der Waals surface area (Å²) in [4.78, 5) is 8.89. The predicted molar refractivity (Wildman–Crippen MR) is 106 cm³/mol. The number of benzene rings is 1. The van der Waals surface area contributed by atoms with Crippen molar-refractivity contribution < 1.29 is 8.42 Å². The van der Waals surface area contributed by atoms with Crippen molar-refractivity contribution in [3.8, 4) is 0 Å². The maximum absolute atomic E-state index is 12.3. The van der Waals surface area contributed by atoms with E-state index in [2.05, 4.69) is 30.1 Å². The number of hydrogen-bond donors (Lipinski definition) is 1. The molecule has 1 aromatic heterocycles. The predicted octanol–water partition coefficient (Wildman–Crippen LogP) is 2.36. The van der Waals surface area contributed by atoms with Gasteiger partial charge in [0.15, 0.2) is 0 Å². The van der Waals surface area contributed by atoms with Gasteiger partial charge in [0.05, 0.1) is 11.0 Å².